The number of hydrogen-bond donors (Lipinski definition) is 1. The first kappa shape index (κ1) is 12.6. The minimum atomic E-state index is 0.506. The number of nitrogens with one attached hydrogen (secondary N) is 1. The fourth-order valence-corrected chi connectivity index (χ4v) is 2.96. The number of rotatable bonds is 2. The van der Waals surface area contributed by atoms with Crippen LogP contribution >= 0.6 is 0 Å². The molecule has 0 unspecified atom stereocenters. The van der Waals surface area contributed by atoms with Gasteiger partial charge in [0.25, 0.3) is 0 Å². The summed E-state index contributed by atoms with van der Waals surface area (Å²) >= 11 is 0. The highest BCUT2D eigenvalue weighted by Gasteiger charge is 2.26. The van der Waals surface area contributed by atoms with Crippen molar-refractivity contribution >= 4 is 11.4 Å². The molecule has 0 amide bonds. The predicted molar refractivity (Wildman–Crippen MR) is 79.5 cm³/mol. The van der Waals surface area contributed by atoms with Crippen molar-refractivity contribution in [3.63, 3.8) is 0 Å². The monoisotopic (exact) mass is 261 g/mol. The standard InChI is InChI=1S/C15H23N3O/c1-12(2)18-10-11-19-14-5-3-4-13(15(14)18)17-8-6-16-7-9-17/h3-5,12,16H,6-11H2,1-2H3. The second-order valence-corrected chi connectivity index (χ2v) is 5.50. The van der Waals surface area contributed by atoms with Crippen molar-refractivity contribution in [2.75, 3.05) is 49.1 Å². The summed E-state index contributed by atoms with van der Waals surface area (Å²) in [6.07, 6.45) is 0. The van der Waals surface area contributed by atoms with E-state index < -0.39 is 0 Å². The van der Waals surface area contributed by atoms with Crippen LogP contribution in [0.3, 0.4) is 0 Å². The van der Waals surface area contributed by atoms with Gasteiger partial charge < -0.3 is 19.9 Å². The first-order valence-corrected chi connectivity index (χ1v) is 7.25. The van der Waals surface area contributed by atoms with Crippen LogP contribution in [0.2, 0.25) is 0 Å². The summed E-state index contributed by atoms with van der Waals surface area (Å²) < 4.78 is 5.85. The van der Waals surface area contributed by atoms with Crippen molar-refractivity contribution in [2.45, 2.75) is 19.9 Å². The van der Waals surface area contributed by atoms with Crippen LogP contribution in [0.25, 0.3) is 0 Å². The zero-order chi connectivity index (χ0) is 13.2. The van der Waals surface area contributed by atoms with Gasteiger partial charge >= 0.3 is 0 Å². The van der Waals surface area contributed by atoms with Crippen LogP contribution in [0.1, 0.15) is 13.8 Å². The van der Waals surface area contributed by atoms with Crippen LogP contribution in [-0.2, 0) is 0 Å². The van der Waals surface area contributed by atoms with Gasteiger partial charge in [-0.2, -0.15) is 0 Å². The predicted octanol–water partition coefficient (Wildman–Crippen LogP) is 1.70. The Morgan fingerprint density at radius 3 is 2.68 bits per heavy atom. The van der Waals surface area contributed by atoms with E-state index in [0.29, 0.717) is 6.04 Å². The molecule has 1 fully saturated rings. The summed E-state index contributed by atoms with van der Waals surface area (Å²) in [6.45, 7) is 10.5. The lowest BCUT2D eigenvalue weighted by atomic mass is 10.1. The third kappa shape index (κ3) is 2.37. The quantitative estimate of drug-likeness (QED) is 0.877. The van der Waals surface area contributed by atoms with Crippen LogP contribution in [0, 0.1) is 0 Å². The Morgan fingerprint density at radius 1 is 1.16 bits per heavy atom. The molecule has 0 bridgehead atoms. The average molecular weight is 261 g/mol. The molecule has 1 aromatic rings. The van der Waals surface area contributed by atoms with E-state index in [1.54, 1.807) is 0 Å². The molecule has 0 atom stereocenters. The molecule has 2 aliphatic heterocycles. The first-order chi connectivity index (χ1) is 9.27. The van der Waals surface area contributed by atoms with E-state index >= 15 is 0 Å². The van der Waals surface area contributed by atoms with Crippen LogP contribution < -0.4 is 19.9 Å². The van der Waals surface area contributed by atoms with Gasteiger partial charge in [0, 0.05) is 32.2 Å². The van der Waals surface area contributed by atoms with Crippen molar-refractivity contribution in [2.24, 2.45) is 0 Å². The molecule has 0 aromatic heterocycles. The van der Waals surface area contributed by atoms with Gasteiger partial charge in [0.15, 0.2) is 0 Å². The molecule has 4 nitrogen and oxygen atoms in total. The summed E-state index contributed by atoms with van der Waals surface area (Å²) in [5, 5.41) is 3.41. The van der Waals surface area contributed by atoms with E-state index in [1.165, 1.54) is 11.4 Å². The summed E-state index contributed by atoms with van der Waals surface area (Å²) in [7, 11) is 0. The Hall–Kier alpha value is -1.42. The lowest BCUT2D eigenvalue weighted by Gasteiger charge is -2.39. The molecule has 2 aliphatic rings. The number of anilines is 2. The van der Waals surface area contributed by atoms with Crippen LogP contribution in [0.5, 0.6) is 5.75 Å². The molecule has 19 heavy (non-hydrogen) atoms. The van der Waals surface area contributed by atoms with E-state index in [0.717, 1.165) is 45.1 Å². The molecule has 0 spiro atoms. The molecule has 0 saturated carbocycles. The largest absolute Gasteiger partial charge is 0.489 e. The number of para-hydroxylation sites is 1. The Bertz CT molecular complexity index is 441. The van der Waals surface area contributed by atoms with Gasteiger partial charge in [-0.3, -0.25) is 0 Å². The second kappa shape index (κ2) is 5.29. The molecule has 1 N–H and O–H groups in total. The van der Waals surface area contributed by atoms with Gasteiger partial charge in [-0.25, -0.2) is 0 Å². The lowest BCUT2D eigenvalue weighted by Crippen LogP contribution is -2.45. The maximum Gasteiger partial charge on any atom is 0.144 e. The van der Waals surface area contributed by atoms with Crippen molar-refractivity contribution in [3.05, 3.63) is 18.2 Å². The van der Waals surface area contributed by atoms with Gasteiger partial charge in [0.05, 0.1) is 12.2 Å². The molecule has 104 valence electrons. The molecule has 1 aromatic carbocycles. The van der Waals surface area contributed by atoms with Crippen LogP contribution in [-0.4, -0.2) is 45.4 Å². The van der Waals surface area contributed by atoms with E-state index in [2.05, 4.69) is 47.2 Å². The summed E-state index contributed by atoms with van der Waals surface area (Å²) in [5.74, 6) is 1.04. The average Bonchev–Trinajstić information content (AvgIpc) is 2.46. The lowest BCUT2D eigenvalue weighted by molar-refractivity contribution is 0.303. The van der Waals surface area contributed by atoms with E-state index in [4.69, 9.17) is 4.74 Å². The minimum Gasteiger partial charge on any atom is -0.489 e. The molecule has 4 heteroatoms. The highest BCUT2D eigenvalue weighted by molar-refractivity contribution is 5.79. The zero-order valence-electron chi connectivity index (χ0n) is 11.9. The van der Waals surface area contributed by atoms with Crippen molar-refractivity contribution in [1.29, 1.82) is 0 Å². The van der Waals surface area contributed by atoms with Crippen molar-refractivity contribution in [3.8, 4) is 5.75 Å². The summed E-state index contributed by atoms with van der Waals surface area (Å²) in [6, 6.07) is 6.94. The third-order valence-electron chi connectivity index (χ3n) is 3.94. The maximum atomic E-state index is 5.85. The van der Waals surface area contributed by atoms with E-state index in [1.807, 2.05) is 0 Å². The van der Waals surface area contributed by atoms with Gasteiger partial charge in [0.1, 0.15) is 18.0 Å². The summed E-state index contributed by atoms with van der Waals surface area (Å²) in [4.78, 5) is 4.94. The Labute approximate surface area is 115 Å². The Balaban J connectivity index is 2.00. The summed E-state index contributed by atoms with van der Waals surface area (Å²) in [5.41, 5.74) is 2.61. The molecular formula is C15H23N3O. The molecular weight excluding hydrogens is 238 g/mol. The molecule has 3 rings (SSSR count). The number of piperazine rings is 1. The molecule has 0 aliphatic carbocycles. The Morgan fingerprint density at radius 2 is 1.95 bits per heavy atom. The number of nitrogens with zero attached hydrogens (tertiary/aromatic N) is 2. The normalized spacial score (nSPS) is 19.3. The third-order valence-corrected chi connectivity index (χ3v) is 3.94. The van der Waals surface area contributed by atoms with Crippen LogP contribution in [0.15, 0.2) is 18.2 Å². The molecule has 0 radical (unpaired) electrons. The number of benzene rings is 1. The number of fused-ring (bicyclic) bond motifs is 1. The Kier molecular flexibility index (Phi) is 3.51. The number of hydrogen-bond acceptors (Lipinski definition) is 4. The fraction of sp³-hybridized carbons (Fsp3) is 0.600. The van der Waals surface area contributed by atoms with Gasteiger partial charge in [-0.1, -0.05) is 6.07 Å². The zero-order valence-corrected chi connectivity index (χ0v) is 11.9. The van der Waals surface area contributed by atoms with E-state index in [-0.39, 0.29) is 0 Å². The van der Waals surface area contributed by atoms with Gasteiger partial charge in [-0.15, -0.1) is 0 Å². The topological polar surface area (TPSA) is 27.7 Å². The molecule has 2 heterocycles. The smallest absolute Gasteiger partial charge is 0.144 e. The highest BCUT2D eigenvalue weighted by Crippen LogP contribution is 2.41. The molecule has 1 saturated heterocycles. The van der Waals surface area contributed by atoms with Crippen LogP contribution in [0.4, 0.5) is 11.4 Å². The van der Waals surface area contributed by atoms with E-state index in [9.17, 15) is 0 Å². The SMILES string of the molecule is CC(C)N1CCOc2cccc(N3CCNCC3)c21. The fourth-order valence-electron chi connectivity index (χ4n) is 2.96. The number of ether oxygens (including phenoxy) is 1. The maximum absolute atomic E-state index is 5.85. The minimum absolute atomic E-state index is 0.506. The second-order valence-electron chi connectivity index (χ2n) is 5.50. The van der Waals surface area contributed by atoms with Crippen molar-refractivity contribution < 1.29 is 4.74 Å². The van der Waals surface area contributed by atoms with Gasteiger partial charge in [-0.05, 0) is 26.0 Å². The van der Waals surface area contributed by atoms with Gasteiger partial charge in [0.2, 0.25) is 0 Å². The van der Waals surface area contributed by atoms with Crippen molar-refractivity contribution in [1.82, 2.24) is 5.32 Å². The first-order valence-electron chi connectivity index (χ1n) is 7.25. The highest BCUT2D eigenvalue weighted by atomic mass is 16.5.